The van der Waals surface area contributed by atoms with Crippen molar-refractivity contribution in [1.82, 2.24) is 9.80 Å². The maximum atomic E-state index is 12.7. The van der Waals surface area contributed by atoms with E-state index in [1.807, 2.05) is 4.90 Å². The first kappa shape index (κ1) is 16.2. The fourth-order valence-electron chi connectivity index (χ4n) is 4.42. The second-order valence-electron chi connectivity index (χ2n) is 7.03. The van der Waals surface area contributed by atoms with Gasteiger partial charge in [-0.05, 0) is 25.7 Å². The third-order valence-corrected chi connectivity index (χ3v) is 5.64. The molecule has 0 aromatic carbocycles. The van der Waals surface area contributed by atoms with Crippen LogP contribution in [0.2, 0.25) is 0 Å². The van der Waals surface area contributed by atoms with Crippen LogP contribution in [0, 0.1) is 11.8 Å². The van der Waals surface area contributed by atoms with Crippen molar-refractivity contribution in [1.29, 1.82) is 0 Å². The van der Waals surface area contributed by atoms with Gasteiger partial charge < -0.3 is 4.90 Å². The van der Waals surface area contributed by atoms with Crippen molar-refractivity contribution in [3.05, 3.63) is 12.7 Å². The zero-order valence-electron chi connectivity index (χ0n) is 13.7. The molecule has 2 aliphatic carbocycles. The van der Waals surface area contributed by atoms with Crippen molar-refractivity contribution < 1.29 is 14.4 Å². The Morgan fingerprint density at radius 1 is 1.04 bits per heavy atom. The largest absolute Gasteiger partial charge is 0.334 e. The van der Waals surface area contributed by atoms with Crippen LogP contribution in [-0.4, -0.2) is 46.7 Å². The van der Waals surface area contributed by atoms with Crippen LogP contribution in [0.25, 0.3) is 0 Å². The number of amides is 3. The molecule has 0 N–H and O–H groups in total. The molecule has 5 nitrogen and oxygen atoms in total. The summed E-state index contributed by atoms with van der Waals surface area (Å²) in [5.41, 5.74) is 0. The van der Waals surface area contributed by atoms with Crippen LogP contribution in [0.4, 0.5) is 0 Å². The first-order valence-corrected chi connectivity index (χ1v) is 8.89. The van der Waals surface area contributed by atoms with Gasteiger partial charge in [-0.15, -0.1) is 6.58 Å². The predicted molar refractivity (Wildman–Crippen MR) is 86.3 cm³/mol. The Morgan fingerprint density at radius 3 is 2.09 bits per heavy atom. The number of hydrogen-bond acceptors (Lipinski definition) is 3. The minimum atomic E-state index is -0.177. The number of nitrogens with zero attached hydrogens (tertiary/aromatic N) is 2. The number of imide groups is 1. The van der Waals surface area contributed by atoms with Crippen molar-refractivity contribution in [2.24, 2.45) is 11.8 Å². The maximum absolute atomic E-state index is 12.7. The van der Waals surface area contributed by atoms with E-state index in [1.165, 1.54) is 4.90 Å². The van der Waals surface area contributed by atoms with Gasteiger partial charge in [0.25, 0.3) is 0 Å². The summed E-state index contributed by atoms with van der Waals surface area (Å²) in [6, 6.07) is 0.232. The molecule has 2 atom stereocenters. The molecule has 0 spiro atoms. The van der Waals surface area contributed by atoms with Crippen molar-refractivity contribution in [2.45, 2.75) is 57.4 Å². The highest BCUT2D eigenvalue weighted by Crippen LogP contribution is 2.38. The lowest BCUT2D eigenvalue weighted by Crippen LogP contribution is -2.46. The molecule has 3 aliphatic rings. The fourth-order valence-corrected chi connectivity index (χ4v) is 4.42. The second kappa shape index (κ2) is 6.85. The number of fused-ring (bicyclic) bond motifs is 1. The van der Waals surface area contributed by atoms with Gasteiger partial charge in [-0.25, -0.2) is 0 Å². The summed E-state index contributed by atoms with van der Waals surface area (Å²) in [5.74, 6) is -0.722. The highest BCUT2D eigenvalue weighted by Gasteiger charge is 2.48. The highest BCUT2D eigenvalue weighted by molar-refractivity contribution is 6.07. The summed E-state index contributed by atoms with van der Waals surface area (Å²) in [6.45, 7) is 4.14. The van der Waals surface area contributed by atoms with E-state index in [1.54, 1.807) is 6.08 Å². The molecule has 3 fully saturated rings. The topological polar surface area (TPSA) is 57.7 Å². The number of rotatable bonds is 5. The Kier molecular flexibility index (Phi) is 4.83. The Hall–Kier alpha value is -1.65. The van der Waals surface area contributed by atoms with Crippen molar-refractivity contribution >= 4 is 17.7 Å². The lowest BCUT2D eigenvalue weighted by molar-refractivity contribution is -0.147. The molecular weight excluding hydrogens is 292 g/mol. The first-order chi connectivity index (χ1) is 11.1. The molecule has 0 bridgehead atoms. The fraction of sp³-hybridized carbons (Fsp3) is 0.722. The molecule has 0 aromatic heterocycles. The Morgan fingerprint density at radius 2 is 1.57 bits per heavy atom. The van der Waals surface area contributed by atoms with E-state index in [9.17, 15) is 14.4 Å². The zero-order chi connectivity index (χ0) is 16.4. The van der Waals surface area contributed by atoms with E-state index in [4.69, 9.17) is 0 Å². The summed E-state index contributed by atoms with van der Waals surface area (Å²) < 4.78 is 0. The summed E-state index contributed by atoms with van der Waals surface area (Å²) in [4.78, 5) is 40.7. The van der Waals surface area contributed by atoms with Crippen LogP contribution in [0.15, 0.2) is 12.7 Å². The van der Waals surface area contributed by atoms with Crippen LogP contribution in [-0.2, 0) is 14.4 Å². The molecule has 1 aliphatic heterocycles. The zero-order valence-corrected chi connectivity index (χ0v) is 13.7. The van der Waals surface area contributed by atoms with Crippen molar-refractivity contribution in [3.8, 4) is 0 Å². The molecule has 1 saturated heterocycles. The van der Waals surface area contributed by atoms with Gasteiger partial charge in [0.1, 0.15) is 6.54 Å². The average molecular weight is 318 g/mol. The van der Waals surface area contributed by atoms with Gasteiger partial charge in [-0.1, -0.05) is 31.8 Å². The molecule has 126 valence electrons. The molecule has 2 saturated carbocycles. The predicted octanol–water partition coefficient (Wildman–Crippen LogP) is 2.12. The van der Waals surface area contributed by atoms with E-state index in [-0.39, 0.29) is 42.1 Å². The van der Waals surface area contributed by atoms with Crippen LogP contribution < -0.4 is 0 Å². The minimum absolute atomic E-state index is 0.0883. The number of carbonyl (C=O) groups excluding carboxylic acids is 3. The van der Waals surface area contributed by atoms with E-state index >= 15 is 0 Å². The quantitative estimate of drug-likeness (QED) is 0.576. The van der Waals surface area contributed by atoms with E-state index < -0.39 is 0 Å². The molecule has 3 rings (SSSR count). The van der Waals surface area contributed by atoms with E-state index in [0.29, 0.717) is 6.54 Å². The minimum Gasteiger partial charge on any atom is -0.334 e. The SMILES string of the molecule is C=CCN(C(=O)CN1C(=O)[C@@H]2CCCC[C@H]2C1=O)C1CCCC1. The number of likely N-dealkylation sites (tertiary alicyclic amines) is 1. The average Bonchev–Trinajstić information content (AvgIpc) is 3.16. The molecule has 3 amide bonds. The second-order valence-corrected chi connectivity index (χ2v) is 7.03. The number of carbonyl (C=O) groups is 3. The molecule has 0 radical (unpaired) electrons. The lowest BCUT2D eigenvalue weighted by Gasteiger charge is -2.29. The normalized spacial score (nSPS) is 28.1. The Bertz CT molecular complexity index is 486. The standard InChI is InChI=1S/C18H26N2O3/c1-2-11-19(13-7-3-4-8-13)16(21)12-20-17(22)14-9-5-6-10-15(14)18(20)23/h2,13-15H,1,3-12H2/t14-,15-/m1/s1. The molecule has 1 heterocycles. The Labute approximate surface area is 137 Å². The van der Waals surface area contributed by atoms with Gasteiger partial charge in [0.05, 0.1) is 11.8 Å². The van der Waals surface area contributed by atoms with Gasteiger partial charge in [0.2, 0.25) is 17.7 Å². The molecule has 5 heteroatoms. The van der Waals surface area contributed by atoms with Crippen LogP contribution >= 0.6 is 0 Å². The maximum Gasteiger partial charge on any atom is 0.243 e. The summed E-state index contributed by atoms with van der Waals surface area (Å²) >= 11 is 0. The first-order valence-electron chi connectivity index (χ1n) is 8.89. The number of hydrogen-bond donors (Lipinski definition) is 0. The van der Waals surface area contributed by atoms with Gasteiger partial charge in [-0.3, -0.25) is 19.3 Å². The third-order valence-electron chi connectivity index (χ3n) is 5.64. The lowest BCUT2D eigenvalue weighted by atomic mass is 9.81. The molecule has 0 unspecified atom stereocenters. The van der Waals surface area contributed by atoms with Crippen LogP contribution in [0.5, 0.6) is 0 Å². The van der Waals surface area contributed by atoms with Gasteiger partial charge in [-0.2, -0.15) is 0 Å². The van der Waals surface area contributed by atoms with Crippen LogP contribution in [0.3, 0.4) is 0 Å². The highest BCUT2D eigenvalue weighted by atomic mass is 16.2. The molecular formula is C18H26N2O3. The van der Waals surface area contributed by atoms with Crippen molar-refractivity contribution in [2.75, 3.05) is 13.1 Å². The van der Waals surface area contributed by atoms with Crippen molar-refractivity contribution in [3.63, 3.8) is 0 Å². The van der Waals surface area contributed by atoms with Gasteiger partial charge in [0.15, 0.2) is 0 Å². The summed E-state index contributed by atoms with van der Waals surface area (Å²) in [5, 5.41) is 0. The molecule has 0 aromatic rings. The van der Waals surface area contributed by atoms with E-state index in [0.717, 1.165) is 51.4 Å². The third kappa shape index (κ3) is 3.06. The monoisotopic (exact) mass is 318 g/mol. The van der Waals surface area contributed by atoms with Gasteiger partial charge in [0, 0.05) is 12.6 Å². The Balaban J connectivity index is 1.69. The van der Waals surface area contributed by atoms with Crippen LogP contribution in [0.1, 0.15) is 51.4 Å². The van der Waals surface area contributed by atoms with E-state index in [2.05, 4.69) is 6.58 Å². The summed E-state index contributed by atoms with van der Waals surface area (Å²) in [6.07, 6.45) is 9.61. The van der Waals surface area contributed by atoms with Gasteiger partial charge >= 0.3 is 0 Å². The smallest absolute Gasteiger partial charge is 0.243 e. The summed E-state index contributed by atoms with van der Waals surface area (Å²) in [7, 11) is 0. The molecule has 23 heavy (non-hydrogen) atoms.